The van der Waals surface area contributed by atoms with E-state index in [-0.39, 0.29) is 12.1 Å². The van der Waals surface area contributed by atoms with Crippen LogP contribution in [0.1, 0.15) is 25.8 Å². The highest BCUT2D eigenvalue weighted by atomic mass is 16.5. The van der Waals surface area contributed by atoms with Gasteiger partial charge in [0.1, 0.15) is 0 Å². The number of nitrogens with one attached hydrogen (secondary N) is 1. The van der Waals surface area contributed by atoms with E-state index in [1.807, 2.05) is 33.0 Å². The third kappa shape index (κ3) is 5.57. The molecule has 0 unspecified atom stereocenters. The van der Waals surface area contributed by atoms with Crippen molar-refractivity contribution >= 4 is 16.8 Å². The normalized spacial score (nSPS) is 11.0. The van der Waals surface area contributed by atoms with Crippen LogP contribution >= 0.6 is 0 Å². The molecule has 0 aromatic heterocycles. The summed E-state index contributed by atoms with van der Waals surface area (Å²) in [5.74, 6) is 0. The minimum atomic E-state index is -0.0531. The summed E-state index contributed by atoms with van der Waals surface area (Å²) in [6.07, 6.45) is 1.06. The van der Waals surface area contributed by atoms with Crippen LogP contribution in [0.5, 0.6) is 0 Å². The molecule has 4 nitrogen and oxygen atoms in total. The predicted octanol–water partition coefficient (Wildman–Crippen LogP) is 3.80. The van der Waals surface area contributed by atoms with E-state index in [9.17, 15) is 4.79 Å². The summed E-state index contributed by atoms with van der Waals surface area (Å²) >= 11 is 0. The van der Waals surface area contributed by atoms with Crippen LogP contribution in [0.15, 0.2) is 42.5 Å². The van der Waals surface area contributed by atoms with Gasteiger partial charge < -0.3 is 15.0 Å². The Bertz CT molecular complexity index is 640. The van der Waals surface area contributed by atoms with E-state index in [2.05, 4.69) is 35.6 Å². The van der Waals surface area contributed by atoms with Crippen molar-refractivity contribution in [3.8, 4) is 0 Å². The third-order valence-electron chi connectivity index (χ3n) is 3.63. The molecule has 2 amide bonds. The molecule has 1 N–H and O–H groups in total. The van der Waals surface area contributed by atoms with Crippen LogP contribution < -0.4 is 5.32 Å². The molecule has 2 aromatic carbocycles. The van der Waals surface area contributed by atoms with Gasteiger partial charge in [0.25, 0.3) is 0 Å². The summed E-state index contributed by atoms with van der Waals surface area (Å²) in [6.45, 7) is 5.92. The highest BCUT2D eigenvalue weighted by molar-refractivity contribution is 5.83. The van der Waals surface area contributed by atoms with E-state index >= 15 is 0 Å². The first-order valence-corrected chi connectivity index (χ1v) is 8.14. The van der Waals surface area contributed by atoms with E-state index in [1.165, 1.54) is 10.8 Å². The Hall–Kier alpha value is -2.07. The average molecular weight is 314 g/mol. The lowest BCUT2D eigenvalue weighted by molar-refractivity contribution is 0.0772. The fourth-order valence-corrected chi connectivity index (χ4v) is 2.40. The molecule has 0 spiro atoms. The second kappa shape index (κ2) is 8.53. The first kappa shape index (κ1) is 17.3. The van der Waals surface area contributed by atoms with E-state index in [0.717, 1.165) is 12.0 Å². The molecule has 0 radical (unpaired) electrons. The summed E-state index contributed by atoms with van der Waals surface area (Å²) in [5.41, 5.74) is 1.13. The van der Waals surface area contributed by atoms with Crippen molar-refractivity contribution in [2.24, 2.45) is 0 Å². The lowest BCUT2D eigenvalue weighted by Gasteiger charge is -2.18. The highest BCUT2D eigenvalue weighted by Crippen LogP contribution is 2.16. The Kier molecular flexibility index (Phi) is 6.41. The van der Waals surface area contributed by atoms with Gasteiger partial charge in [-0.3, -0.25) is 0 Å². The van der Waals surface area contributed by atoms with Gasteiger partial charge in [-0.15, -0.1) is 0 Å². The molecule has 23 heavy (non-hydrogen) atoms. The number of urea groups is 1. The fraction of sp³-hybridized carbons (Fsp3) is 0.421. The van der Waals surface area contributed by atoms with Crippen molar-refractivity contribution in [2.45, 2.75) is 32.9 Å². The average Bonchev–Trinajstić information content (AvgIpc) is 2.54. The Balaban J connectivity index is 1.80. The predicted molar refractivity (Wildman–Crippen MR) is 94.5 cm³/mol. The Labute approximate surface area is 138 Å². The lowest BCUT2D eigenvalue weighted by Crippen LogP contribution is -2.37. The monoisotopic (exact) mass is 314 g/mol. The summed E-state index contributed by atoms with van der Waals surface area (Å²) in [7, 11) is 1.81. The van der Waals surface area contributed by atoms with Crippen molar-refractivity contribution in [1.82, 2.24) is 10.2 Å². The van der Waals surface area contributed by atoms with Crippen molar-refractivity contribution in [3.05, 3.63) is 48.0 Å². The lowest BCUT2D eigenvalue weighted by atomic mass is 10.1. The molecule has 0 aliphatic rings. The summed E-state index contributed by atoms with van der Waals surface area (Å²) in [5, 5.41) is 5.34. The molecule has 0 saturated carbocycles. The minimum Gasteiger partial charge on any atom is -0.379 e. The number of carbonyl (C=O) groups is 1. The Morgan fingerprint density at radius 3 is 2.65 bits per heavy atom. The van der Waals surface area contributed by atoms with Gasteiger partial charge >= 0.3 is 6.03 Å². The highest BCUT2D eigenvalue weighted by Gasteiger charge is 2.08. The zero-order valence-electron chi connectivity index (χ0n) is 14.2. The first-order chi connectivity index (χ1) is 11.1. The Morgan fingerprint density at radius 1 is 1.17 bits per heavy atom. The topological polar surface area (TPSA) is 41.6 Å². The summed E-state index contributed by atoms with van der Waals surface area (Å²) in [6, 6.07) is 14.5. The van der Waals surface area contributed by atoms with Gasteiger partial charge in [0.15, 0.2) is 0 Å². The number of benzene rings is 2. The number of nitrogens with zero attached hydrogens (tertiary/aromatic N) is 1. The zero-order chi connectivity index (χ0) is 16.7. The Morgan fingerprint density at radius 2 is 1.91 bits per heavy atom. The molecule has 0 bridgehead atoms. The molecule has 0 saturated heterocycles. The zero-order valence-corrected chi connectivity index (χ0v) is 14.2. The fourth-order valence-electron chi connectivity index (χ4n) is 2.40. The first-order valence-electron chi connectivity index (χ1n) is 8.14. The largest absolute Gasteiger partial charge is 0.379 e. The molecule has 2 rings (SSSR count). The number of hydrogen-bond acceptors (Lipinski definition) is 2. The van der Waals surface area contributed by atoms with Gasteiger partial charge in [0, 0.05) is 26.7 Å². The van der Waals surface area contributed by atoms with Crippen molar-refractivity contribution in [2.75, 3.05) is 20.2 Å². The van der Waals surface area contributed by atoms with Crippen LogP contribution in [-0.2, 0) is 11.3 Å². The molecule has 4 heteroatoms. The smallest absolute Gasteiger partial charge is 0.317 e. The molecule has 0 fully saturated rings. The number of ether oxygens (including phenoxy) is 1. The second-order valence-corrected chi connectivity index (χ2v) is 6.04. The molecule has 2 aromatic rings. The maximum Gasteiger partial charge on any atom is 0.317 e. The van der Waals surface area contributed by atoms with Gasteiger partial charge in [-0.25, -0.2) is 4.79 Å². The van der Waals surface area contributed by atoms with Crippen LogP contribution in [-0.4, -0.2) is 37.2 Å². The third-order valence-corrected chi connectivity index (χ3v) is 3.63. The van der Waals surface area contributed by atoms with Gasteiger partial charge in [0.2, 0.25) is 0 Å². The summed E-state index contributed by atoms with van der Waals surface area (Å²) in [4.78, 5) is 13.8. The van der Waals surface area contributed by atoms with Crippen LogP contribution in [0.4, 0.5) is 4.79 Å². The van der Waals surface area contributed by atoms with Crippen LogP contribution in [0, 0.1) is 0 Å². The van der Waals surface area contributed by atoms with Gasteiger partial charge in [-0.1, -0.05) is 36.4 Å². The minimum absolute atomic E-state index is 0.0531. The van der Waals surface area contributed by atoms with Gasteiger partial charge in [-0.2, -0.15) is 0 Å². The molecule has 0 heterocycles. The van der Waals surface area contributed by atoms with E-state index in [0.29, 0.717) is 19.7 Å². The molecular weight excluding hydrogens is 288 g/mol. The quantitative estimate of drug-likeness (QED) is 0.790. The summed E-state index contributed by atoms with van der Waals surface area (Å²) < 4.78 is 5.46. The van der Waals surface area contributed by atoms with Crippen molar-refractivity contribution in [3.63, 3.8) is 0 Å². The second-order valence-electron chi connectivity index (χ2n) is 6.04. The van der Waals surface area contributed by atoms with Crippen molar-refractivity contribution < 1.29 is 9.53 Å². The van der Waals surface area contributed by atoms with Crippen LogP contribution in [0.25, 0.3) is 10.8 Å². The number of hydrogen-bond donors (Lipinski definition) is 1. The molecule has 0 aliphatic heterocycles. The van der Waals surface area contributed by atoms with E-state index in [4.69, 9.17) is 4.74 Å². The maximum atomic E-state index is 12.1. The number of carbonyl (C=O) groups excluding carboxylic acids is 1. The van der Waals surface area contributed by atoms with Crippen LogP contribution in [0.3, 0.4) is 0 Å². The standard InChI is InChI=1S/C19H26N2O2/c1-15(2)23-12-6-11-20-19(22)21(3)14-16-9-10-17-7-4-5-8-18(17)13-16/h4-5,7-10,13,15H,6,11-12,14H2,1-3H3,(H,20,22). The van der Waals surface area contributed by atoms with Crippen molar-refractivity contribution in [1.29, 1.82) is 0 Å². The number of fused-ring (bicyclic) bond motifs is 1. The maximum absolute atomic E-state index is 12.1. The molecular formula is C19H26N2O2. The number of amides is 2. The molecule has 124 valence electrons. The van der Waals surface area contributed by atoms with E-state index in [1.54, 1.807) is 4.90 Å². The van der Waals surface area contributed by atoms with Crippen LogP contribution in [0.2, 0.25) is 0 Å². The molecule has 0 aliphatic carbocycles. The molecule has 0 atom stereocenters. The van der Waals surface area contributed by atoms with E-state index < -0.39 is 0 Å². The number of rotatable bonds is 7. The van der Waals surface area contributed by atoms with Gasteiger partial charge in [0.05, 0.1) is 6.10 Å². The SMILES string of the molecule is CC(C)OCCCNC(=O)N(C)Cc1ccc2ccccc2c1. The van der Waals surface area contributed by atoms with Gasteiger partial charge in [-0.05, 0) is 42.7 Å².